The van der Waals surface area contributed by atoms with Gasteiger partial charge < -0.3 is 9.84 Å². The minimum absolute atomic E-state index is 0.131. The molecule has 0 spiro atoms. The Morgan fingerprint density at radius 3 is 3.00 bits per heavy atom. The van der Waals surface area contributed by atoms with E-state index in [0.717, 1.165) is 24.8 Å². The van der Waals surface area contributed by atoms with Crippen molar-refractivity contribution in [2.45, 2.75) is 51.2 Å². The molecule has 1 saturated heterocycles. The lowest BCUT2D eigenvalue weighted by atomic mass is 9.69. The number of carbonyl (C=O) groups excluding carboxylic acids is 1. The zero-order chi connectivity index (χ0) is 15.2. The number of ketones is 1. The second kappa shape index (κ2) is 4.99. The first-order chi connectivity index (χ1) is 9.95. The molecule has 1 heterocycles. The fourth-order valence-corrected chi connectivity index (χ4v) is 3.77. The molecule has 1 fully saturated rings. The maximum absolute atomic E-state index is 12.3. The minimum Gasteiger partial charge on any atom is -0.504 e. The molecule has 2 aliphatic carbocycles. The highest BCUT2D eigenvalue weighted by atomic mass is 16.5. The molecule has 1 aliphatic heterocycles. The Labute approximate surface area is 125 Å². The highest BCUT2D eigenvalue weighted by Gasteiger charge is 2.46. The Hall–Kier alpha value is -1.61. The summed E-state index contributed by atoms with van der Waals surface area (Å²) < 4.78 is 6.22. The quantitative estimate of drug-likeness (QED) is 0.786. The molecule has 0 aromatic heterocycles. The number of Topliss-reactive ketones (excluding diaryl/α,β-unsaturated/α-hetero) is 1. The second-order valence-electron chi connectivity index (χ2n) is 6.56. The van der Waals surface area contributed by atoms with Crippen LogP contribution in [0.3, 0.4) is 0 Å². The molecule has 3 heteroatoms. The SMILES string of the molecule is C=CCC1=CC2OC(C)(C)C3CCCC=C3C2=C(O)C1=O. The molecular weight excluding hydrogens is 264 g/mol. The van der Waals surface area contributed by atoms with E-state index >= 15 is 0 Å². The summed E-state index contributed by atoms with van der Waals surface area (Å²) in [5, 5.41) is 10.4. The number of allylic oxidation sites excluding steroid dienone is 3. The fraction of sp³-hybridized carbons (Fsp3) is 0.500. The molecule has 3 rings (SSSR count). The highest BCUT2D eigenvalue weighted by molar-refractivity contribution is 6.09. The first-order valence-electron chi connectivity index (χ1n) is 7.63. The van der Waals surface area contributed by atoms with Crippen molar-refractivity contribution in [2.24, 2.45) is 5.92 Å². The third-order valence-corrected chi connectivity index (χ3v) is 4.78. The molecule has 0 bridgehead atoms. The summed E-state index contributed by atoms with van der Waals surface area (Å²) in [5.74, 6) is -0.163. The largest absolute Gasteiger partial charge is 0.504 e. The maximum atomic E-state index is 12.3. The number of aliphatic hydroxyl groups is 1. The molecule has 3 aliphatic rings. The molecular formula is C18H22O3. The molecule has 1 N–H and O–H groups in total. The van der Waals surface area contributed by atoms with Crippen molar-refractivity contribution in [3.05, 3.63) is 47.3 Å². The van der Waals surface area contributed by atoms with Crippen LogP contribution in [0.5, 0.6) is 0 Å². The van der Waals surface area contributed by atoms with E-state index in [-0.39, 0.29) is 29.2 Å². The monoisotopic (exact) mass is 286 g/mol. The van der Waals surface area contributed by atoms with Gasteiger partial charge in [0.1, 0.15) is 6.10 Å². The van der Waals surface area contributed by atoms with Crippen molar-refractivity contribution in [1.29, 1.82) is 0 Å². The third-order valence-electron chi connectivity index (χ3n) is 4.78. The summed E-state index contributed by atoms with van der Waals surface area (Å²) in [5.41, 5.74) is 2.10. The van der Waals surface area contributed by atoms with Gasteiger partial charge in [0.05, 0.1) is 5.60 Å². The van der Waals surface area contributed by atoms with E-state index in [1.807, 2.05) is 6.08 Å². The van der Waals surface area contributed by atoms with Crippen molar-refractivity contribution in [3.8, 4) is 0 Å². The van der Waals surface area contributed by atoms with Crippen molar-refractivity contribution in [1.82, 2.24) is 0 Å². The second-order valence-corrected chi connectivity index (χ2v) is 6.56. The number of fused-ring (bicyclic) bond motifs is 3. The highest BCUT2D eigenvalue weighted by Crippen LogP contribution is 2.48. The van der Waals surface area contributed by atoms with Crippen molar-refractivity contribution in [2.75, 3.05) is 0 Å². The summed E-state index contributed by atoms with van der Waals surface area (Å²) in [6.07, 6.45) is 9.02. The Balaban J connectivity index is 2.09. The van der Waals surface area contributed by atoms with E-state index in [2.05, 4.69) is 26.5 Å². The number of aliphatic hydroxyl groups excluding tert-OH is 1. The predicted molar refractivity (Wildman–Crippen MR) is 81.9 cm³/mol. The van der Waals surface area contributed by atoms with Crippen LogP contribution >= 0.6 is 0 Å². The Kier molecular flexibility index (Phi) is 3.40. The first-order valence-corrected chi connectivity index (χ1v) is 7.63. The van der Waals surface area contributed by atoms with E-state index < -0.39 is 0 Å². The van der Waals surface area contributed by atoms with Crippen LogP contribution in [0.15, 0.2) is 47.3 Å². The molecule has 0 aromatic rings. The fourth-order valence-electron chi connectivity index (χ4n) is 3.77. The van der Waals surface area contributed by atoms with Crippen molar-refractivity contribution < 1.29 is 14.6 Å². The zero-order valence-corrected chi connectivity index (χ0v) is 12.7. The van der Waals surface area contributed by atoms with Crippen molar-refractivity contribution >= 4 is 5.78 Å². The lowest BCUT2D eigenvalue weighted by Crippen LogP contribution is -2.47. The molecule has 0 aromatic carbocycles. The molecule has 0 radical (unpaired) electrons. The summed E-state index contributed by atoms with van der Waals surface area (Å²) in [4.78, 5) is 12.3. The summed E-state index contributed by atoms with van der Waals surface area (Å²) >= 11 is 0. The minimum atomic E-state index is -0.326. The topological polar surface area (TPSA) is 46.5 Å². The molecule has 112 valence electrons. The standard InChI is InChI=1S/C18H22O3/c1-4-7-11-10-14-15(17(20)16(11)19)12-8-5-6-9-13(12)18(2,3)21-14/h4,8,10,13-14,20H,1,5-7,9H2,2-3H3. The first kappa shape index (κ1) is 14.3. The van der Waals surface area contributed by atoms with Crippen LogP contribution in [0.1, 0.15) is 39.5 Å². The van der Waals surface area contributed by atoms with Gasteiger partial charge >= 0.3 is 0 Å². The molecule has 2 unspecified atom stereocenters. The number of carbonyl (C=O) groups is 1. The lowest BCUT2D eigenvalue weighted by molar-refractivity contribution is -0.117. The molecule has 2 atom stereocenters. The summed E-state index contributed by atoms with van der Waals surface area (Å²) in [6.45, 7) is 7.87. The van der Waals surface area contributed by atoms with Crippen LogP contribution in [0.4, 0.5) is 0 Å². The molecule has 0 saturated carbocycles. The summed E-state index contributed by atoms with van der Waals surface area (Å²) in [7, 11) is 0. The van der Waals surface area contributed by atoms with Crippen molar-refractivity contribution in [3.63, 3.8) is 0 Å². The van der Waals surface area contributed by atoms with Gasteiger partial charge in [-0.3, -0.25) is 4.79 Å². The van der Waals surface area contributed by atoms with Gasteiger partial charge in [0.15, 0.2) is 5.76 Å². The van der Waals surface area contributed by atoms with Crippen LogP contribution in [-0.2, 0) is 9.53 Å². The summed E-state index contributed by atoms with van der Waals surface area (Å²) in [6, 6.07) is 0. The third kappa shape index (κ3) is 2.20. The average Bonchev–Trinajstić information content (AvgIpc) is 2.44. The number of ether oxygens (including phenoxy) is 1. The Bertz CT molecular complexity index is 590. The van der Waals surface area contributed by atoms with E-state index in [0.29, 0.717) is 17.6 Å². The van der Waals surface area contributed by atoms with Crippen LogP contribution in [-0.4, -0.2) is 22.6 Å². The molecule has 21 heavy (non-hydrogen) atoms. The molecule has 3 nitrogen and oxygen atoms in total. The number of hydrogen-bond donors (Lipinski definition) is 1. The zero-order valence-electron chi connectivity index (χ0n) is 12.7. The van der Waals surface area contributed by atoms with Gasteiger partial charge in [-0.2, -0.15) is 0 Å². The Morgan fingerprint density at radius 2 is 2.29 bits per heavy atom. The van der Waals surface area contributed by atoms with Gasteiger partial charge in [-0.05, 0) is 51.2 Å². The van der Waals surface area contributed by atoms with Gasteiger partial charge in [-0.25, -0.2) is 0 Å². The number of rotatable bonds is 2. The smallest absolute Gasteiger partial charge is 0.223 e. The average molecular weight is 286 g/mol. The van der Waals surface area contributed by atoms with Crippen LogP contribution in [0.25, 0.3) is 0 Å². The van der Waals surface area contributed by atoms with Gasteiger partial charge in [0.2, 0.25) is 5.78 Å². The van der Waals surface area contributed by atoms with Gasteiger partial charge in [-0.1, -0.05) is 12.2 Å². The van der Waals surface area contributed by atoms with E-state index in [9.17, 15) is 9.90 Å². The van der Waals surface area contributed by atoms with Crippen LogP contribution < -0.4 is 0 Å². The van der Waals surface area contributed by atoms with E-state index in [1.54, 1.807) is 6.08 Å². The van der Waals surface area contributed by atoms with E-state index in [4.69, 9.17) is 4.74 Å². The van der Waals surface area contributed by atoms with Gasteiger partial charge in [0, 0.05) is 17.1 Å². The van der Waals surface area contributed by atoms with Gasteiger partial charge in [-0.15, -0.1) is 6.58 Å². The predicted octanol–water partition coefficient (Wildman–Crippen LogP) is 3.79. The number of hydrogen-bond acceptors (Lipinski definition) is 3. The lowest BCUT2D eigenvalue weighted by Gasteiger charge is -2.47. The Morgan fingerprint density at radius 1 is 1.52 bits per heavy atom. The van der Waals surface area contributed by atoms with Crippen LogP contribution in [0.2, 0.25) is 0 Å². The normalized spacial score (nSPS) is 31.0. The van der Waals surface area contributed by atoms with E-state index in [1.165, 1.54) is 0 Å². The molecule has 0 amide bonds. The van der Waals surface area contributed by atoms with Crippen LogP contribution in [0, 0.1) is 5.92 Å². The van der Waals surface area contributed by atoms with Gasteiger partial charge in [0.25, 0.3) is 0 Å². The maximum Gasteiger partial charge on any atom is 0.223 e.